The summed E-state index contributed by atoms with van der Waals surface area (Å²) < 4.78 is 4.78. The molecule has 9 rings (SSSR count). The minimum Gasteiger partial charge on any atom is -0.453 e. The quantitative estimate of drug-likeness (QED) is 0.139. The van der Waals surface area contributed by atoms with Gasteiger partial charge in [-0.05, 0) is 94.3 Å². The van der Waals surface area contributed by atoms with Gasteiger partial charge in [-0.25, -0.2) is 9.78 Å². The van der Waals surface area contributed by atoms with E-state index in [2.05, 4.69) is 99.4 Å². The van der Waals surface area contributed by atoms with Crippen LogP contribution in [0.4, 0.5) is 4.79 Å². The lowest BCUT2D eigenvalue weighted by atomic mass is 9.92. The molecule has 0 radical (unpaired) electrons. The average molecular weight is 790 g/mol. The molecule has 4 aromatic carbocycles. The first-order chi connectivity index (χ1) is 28.7. The second-order valence-corrected chi connectivity index (χ2v) is 16.6. The van der Waals surface area contributed by atoms with Gasteiger partial charge in [0.1, 0.15) is 17.9 Å². The highest BCUT2D eigenvalue weighted by molar-refractivity contribution is 6.04. The first-order valence-electron chi connectivity index (χ1n) is 21.0. The number of benzene rings is 4. The summed E-state index contributed by atoms with van der Waals surface area (Å²) in [4.78, 5) is 56.5. The van der Waals surface area contributed by atoms with Crippen molar-refractivity contribution < 1.29 is 19.1 Å². The maximum Gasteiger partial charge on any atom is 0.407 e. The summed E-state index contributed by atoms with van der Waals surface area (Å²) in [6.07, 6.45) is 8.52. The number of carbonyl (C=O) groups excluding carboxylic acids is 3. The molecule has 2 saturated heterocycles. The smallest absolute Gasteiger partial charge is 0.407 e. The Morgan fingerprint density at radius 3 is 2.31 bits per heavy atom. The van der Waals surface area contributed by atoms with Crippen LogP contribution in [0.25, 0.3) is 38.7 Å². The van der Waals surface area contributed by atoms with Gasteiger partial charge in [0.05, 0.1) is 31.1 Å². The van der Waals surface area contributed by atoms with Gasteiger partial charge in [-0.2, -0.15) is 0 Å². The number of ether oxygens (including phenoxy) is 1. The molecule has 0 spiro atoms. The SMILES string of the molecule is COC(=O)N[C@H](C(=O)N1CCC[C@H]1c1ncc(-c2ccc3cc(-c4ccc(C5=CN=C([C@@H]6CCCN6C(=O)[C@@H]6NCCc7ccccc76)C5)cc4)ccc3c2)[nH]1)C(C)C. The largest absolute Gasteiger partial charge is 0.453 e. The minimum absolute atomic E-state index is 0.0361. The van der Waals surface area contributed by atoms with E-state index in [1.54, 1.807) is 0 Å². The number of hydrogen-bond donors (Lipinski definition) is 3. The van der Waals surface area contributed by atoms with Gasteiger partial charge in [-0.15, -0.1) is 0 Å². The molecule has 4 aliphatic heterocycles. The Morgan fingerprint density at radius 1 is 0.831 bits per heavy atom. The van der Waals surface area contributed by atoms with Crippen LogP contribution in [0.2, 0.25) is 0 Å². The van der Waals surface area contributed by atoms with E-state index in [0.717, 1.165) is 107 Å². The molecule has 11 heteroatoms. The molecule has 0 saturated carbocycles. The van der Waals surface area contributed by atoms with Crippen molar-refractivity contribution in [1.82, 2.24) is 30.4 Å². The third kappa shape index (κ3) is 7.55. The van der Waals surface area contributed by atoms with E-state index >= 15 is 0 Å². The molecule has 0 aliphatic carbocycles. The number of nitrogens with one attached hydrogen (secondary N) is 3. The van der Waals surface area contributed by atoms with Crippen LogP contribution in [0.3, 0.4) is 0 Å². The molecular formula is C48H51N7O4. The van der Waals surface area contributed by atoms with Gasteiger partial charge in [0.15, 0.2) is 0 Å². The Hall–Kier alpha value is -6.07. The molecule has 0 unspecified atom stereocenters. The van der Waals surface area contributed by atoms with Gasteiger partial charge in [0, 0.05) is 43.5 Å². The number of hydrogen-bond acceptors (Lipinski definition) is 7. The number of allylic oxidation sites excluding steroid dienone is 1. The number of fused-ring (bicyclic) bond motifs is 2. The summed E-state index contributed by atoms with van der Waals surface area (Å²) in [6.45, 7) is 6.02. The molecule has 5 aromatic rings. The molecule has 11 nitrogen and oxygen atoms in total. The van der Waals surface area contributed by atoms with Gasteiger partial charge < -0.3 is 30.2 Å². The summed E-state index contributed by atoms with van der Waals surface area (Å²) >= 11 is 0. The number of aliphatic imine (C=N–C) groups is 1. The first kappa shape index (κ1) is 38.4. The Kier molecular flexibility index (Phi) is 10.6. The number of rotatable bonds is 9. The van der Waals surface area contributed by atoms with Crippen LogP contribution in [-0.2, 0) is 20.7 Å². The van der Waals surface area contributed by atoms with Crippen LogP contribution in [0.5, 0.6) is 0 Å². The number of methoxy groups -OCH3 is 1. The third-order valence-corrected chi connectivity index (χ3v) is 12.6. The Bertz CT molecular complexity index is 2470. The van der Waals surface area contributed by atoms with Crippen molar-refractivity contribution >= 4 is 40.0 Å². The van der Waals surface area contributed by atoms with Gasteiger partial charge in [-0.3, -0.25) is 14.6 Å². The van der Waals surface area contributed by atoms with E-state index in [1.807, 2.05) is 37.2 Å². The predicted molar refractivity (Wildman–Crippen MR) is 230 cm³/mol. The van der Waals surface area contributed by atoms with Crippen molar-refractivity contribution in [2.24, 2.45) is 10.9 Å². The number of H-pyrrole nitrogens is 1. The number of imidazole rings is 1. The van der Waals surface area contributed by atoms with E-state index in [1.165, 1.54) is 18.2 Å². The highest BCUT2D eigenvalue weighted by Gasteiger charge is 2.39. The zero-order valence-corrected chi connectivity index (χ0v) is 33.9. The third-order valence-electron chi connectivity index (χ3n) is 12.6. The highest BCUT2D eigenvalue weighted by atomic mass is 16.5. The van der Waals surface area contributed by atoms with E-state index in [4.69, 9.17) is 14.7 Å². The number of carbonyl (C=O) groups is 3. The number of aromatic nitrogens is 2. The second kappa shape index (κ2) is 16.3. The number of likely N-dealkylation sites (tertiary alicyclic amines) is 2. The van der Waals surface area contributed by atoms with Crippen molar-refractivity contribution in [3.63, 3.8) is 0 Å². The molecule has 5 heterocycles. The van der Waals surface area contributed by atoms with Crippen LogP contribution in [0.15, 0.2) is 102 Å². The van der Waals surface area contributed by atoms with Crippen molar-refractivity contribution in [2.45, 2.75) is 76.5 Å². The van der Waals surface area contributed by atoms with Crippen LogP contribution < -0.4 is 10.6 Å². The number of amides is 3. The second-order valence-electron chi connectivity index (χ2n) is 16.6. The van der Waals surface area contributed by atoms with Crippen molar-refractivity contribution in [1.29, 1.82) is 0 Å². The zero-order valence-electron chi connectivity index (χ0n) is 33.9. The zero-order chi connectivity index (χ0) is 40.6. The molecule has 4 atom stereocenters. The molecule has 0 bridgehead atoms. The van der Waals surface area contributed by atoms with Gasteiger partial charge >= 0.3 is 6.09 Å². The fraction of sp³-hybridized carbons (Fsp3) is 0.354. The van der Waals surface area contributed by atoms with Crippen molar-refractivity contribution in [3.05, 3.63) is 120 Å². The summed E-state index contributed by atoms with van der Waals surface area (Å²) in [5.41, 5.74) is 9.98. The number of aromatic amines is 1. The summed E-state index contributed by atoms with van der Waals surface area (Å²) in [5.74, 6) is 0.690. The first-order valence-corrected chi connectivity index (χ1v) is 21.0. The molecule has 2 fully saturated rings. The lowest BCUT2D eigenvalue weighted by molar-refractivity contribution is -0.135. The molecule has 3 amide bonds. The number of alkyl carbamates (subject to hydrolysis) is 1. The normalized spacial score (nSPS) is 20.7. The maximum absolute atomic E-state index is 13.9. The fourth-order valence-corrected chi connectivity index (χ4v) is 9.41. The van der Waals surface area contributed by atoms with E-state index in [-0.39, 0.29) is 35.9 Å². The number of nitrogens with zero attached hydrogens (tertiary/aromatic N) is 4. The highest BCUT2D eigenvalue weighted by Crippen LogP contribution is 2.36. The Balaban J connectivity index is 0.845. The summed E-state index contributed by atoms with van der Waals surface area (Å²) in [7, 11) is 1.30. The Morgan fingerprint density at radius 2 is 1.53 bits per heavy atom. The monoisotopic (exact) mass is 789 g/mol. The molecule has 3 N–H and O–H groups in total. The van der Waals surface area contributed by atoms with Gasteiger partial charge in [0.2, 0.25) is 11.8 Å². The van der Waals surface area contributed by atoms with Crippen LogP contribution in [0, 0.1) is 5.92 Å². The molecule has 302 valence electrons. The van der Waals surface area contributed by atoms with Crippen LogP contribution in [-0.4, -0.2) is 82.2 Å². The summed E-state index contributed by atoms with van der Waals surface area (Å²) in [5, 5.41) is 8.46. The lowest BCUT2D eigenvalue weighted by Crippen LogP contribution is -2.51. The molecule has 1 aromatic heterocycles. The molecular weight excluding hydrogens is 739 g/mol. The average Bonchev–Trinajstić information content (AvgIpc) is 4.12. The molecule has 4 aliphatic rings. The van der Waals surface area contributed by atoms with Gasteiger partial charge in [0.25, 0.3) is 0 Å². The topological polar surface area (TPSA) is 132 Å². The van der Waals surface area contributed by atoms with E-state index in [9.17, 15) is 14.4 Å². The van der Waals surface area contributed by atoms with Gasteiger partial charge in [-0.1, -0.05) is 86.6 Å². The van der Waals surface area contributed by atoms with E-state index < -0.39 is 12.1 Å². The minimum atomic E-state index is -0.676. The van der Waals surface area contributed by atoms with Crippen molar-refractivity contribution in [3.8, 4) is 22.4 Å². The fourth-order valence-electron chi connectivity index (χ4n) is 9.41. The van der Waals surface area contributed by atoms with E-state index in [0.29, 0.717) is 6.54 Å². The predicted octanol–water partition coefficient (Wildman–Crippen LogP) is 8.00. The van der Waals surface area contributed by atoms with Crippen LogP contribution >= 0.6 is 0 Å². The standard InChI is InChI=1S/C48H51N7O4/c1-29(2)43(53-48(58)59-3)46(56)55-23-7-11-42(55)45-51-28-40(52-45)36-19-18-34-24-33(16-17-35(34)25-36)30-12-14-31(15-13-30)37-26-39(50-27-37)41-10-6-22-54(41)47(57)44-38-9-5-4-8-32(38)20-21-49-44/h4-5,8-9,12-19,24-25,27-29,41-44,49H,6-7,10-11,20-23,26H2,1-3H3,(H,51,52)(H,53,58)/t41-,42-,43-,44+/m0/s1. The van der Waals surface area contributed by atoms with Crippen LogP contribution in [0.1, 0.15) is 80.6 Å². The maximum atomic E-state index is 13.9. The van der Waals surface area contributed by atoms with Crippen molar-refractivity contribution in [2.75, 3.05) is 26.7 Å². The molecule has 59 heavy (non-hydrogen) atoms. The summed E-state index contributed by atoms with van der Waals surface area (Å²) in [6, 6.07) is 28.9. The lowest BCUT2D eigenvalue weighted by Gasteiger charge is -2.32. The Labute approximate surface area is 345 Å².